The molecule has 0 aliphatic heterocycles. The SMILES string of the molecule is CCCNc1nc(-c2ccc(Br)o2)nc(C)c1C. The molecular formula is C13H16BrN3O. The fourth-order valence-electron chi connectivity index (χ4n) is 1.59. The van der Waals surface area contributed by atoms with E-state index in [9.17, 15) is 0 Å². The van der Waals surface area contributed by atoms with Gasteiger partial charge in [-0.25, -0.2) is 9.97 Å². The molecule has 0 fully saturated rings. The number of rotatable bonds is 4. The Balaban J connectivity index is 2.40. The van der Waals surface area contributed by atoms with Gasteiger partial charge in [0.15, 0.2) is 16.3 Å². The number of aryl methyl sites for hydroxylation is 1. The van der Waals surface area contributed by atoms with E-state index < -0.39 is 0 Å². The van der Waals surface area contributed by atoms with Crippen LogP contribution in [0.1, 0.15) is 24.6 Å². The predicted molar refractivity (Wildman–Crippen MR) is 75.7 cm³/mol. The maximum Gasteiger partial charge on any atom is 0.197 e. The Bertz CT molecular complexity index is 551. The van der Waals surface area contributed by atoms with Crippen LogP contribution in [0, 0.1) is 13.8 Å². The van der Waals surface area contributed by atoms with Gasteiger partial charge < -0.3 is 9.73 Å². The van der Waals surface area contributed by atoms with Crippen LogP contribution in [0.3, 0.4) is 0 Å². The zero-order valence-corrected chi connectivity index (χ0v) is 12.3. The maximum absolute atomic E-state index is 5.49. The van der Waals surface area contributed by atoms with Crippen molar-refractivity contribution < 1.29 is 4.42 Å². The van der Waals surface area contributed by atoms with E-state index in [0.717, 1.165) is 30.0 Å². The molecule has 2 heterocycles. The zero-order valence-electron chi connectivity index (χ0n) is 10.7. The van der Waals surface area contributed by atoms with Gasteiger partial charge in [0.2, 0.25) is 0 Å². The number of nitrogens with one attached hydrogen (secondary N) is 1. The number of aromatic nitrogens is 2. The van der Waals surface area contributed by atoms with Crippen molar-refractivity contribution in [2.24, 2.45) is 0 Å². The third-order valence-electron chi connectivity index (χ3n) is 2.73. The molecule has 0 aliphatic carbocycles. The quantitative estimate of drug-likeness (QED) is 0.929. The Hall–Kier alpha value is -1.36. The van der Waals surface area contributed by atoms with Crippen molar-refractivity contribution in [3.8, 4) is 11.6 Å². The lowest BCUT2D eigenvalue weighted by Crippen LogP contribution is -2.07. The Kier molecular flexibility index (Phi) is 4.01. The molecule has 0 radical (unpaired) electrons. The van der Waals surface area contributed by atoms with Gasteiger partial charge in [0.05, 0.1) is 0 Å². The molecule has 0 aromatic carbocycles. The lowest BCUT2D eigenvalue weighted by Gasteiger charge is -2.10. The molecule has 96 valence electrons. The van der Waals surface area contributed by atoms with Crippen LogP contribution in [0.5, 0.6) is 0 Å². The second kappa shape index (κ2) is 5.52. The van der Waals surface area contributed by atoms with Gasteiger partial charge in [-0.15, -0.1) is 0 Å². The second-order valence-corrected chi connectivity index (χ2v) is 4.92. The molecule has 1 N–H and O–H groups in total. The highest BCUT2D eigenvalue weighted by Crippen LogP contribution is 2.25. The van der Waals surface area contributed by atoms with Gasteiger partial charge in [0, 0.05) is 17.8 Å². The molecule has 0 amide bonds. The summed E-state index contributed by atoms with van der Waals surface area (Å²) in [5, 5.41) is 3.32. The summed E-state index contributed by atoms with van der Waals surface area (Å²) in [6, 6.07) is 3.70. The van der Waals surface area contributed by atoms with E-state index >= 15 is 0 Å². The van der Waals surface area contributed by atoms with Gasteiger partial charge in [-0.2, -0.15) is 0 Å². The summed E-state index contributed by atoms with van der Waals surface area (Å²) < 4.78 is 6.17. The highest BCUT2D eigenvalue weighted by molar-refractivity contribution is 9.10. The first kappa shape index (κ1) is 13.1. The van der Waals surface area contributed by atoms with Gasteiger partial charge in [-0.1, -0.05) is 6.92 Å². The highest BCUT2D eigenvalue weighted by Gasteiger charge is 2.12. The number of hydrogen-bond donors (Lipinski definition) is 1. The largest absolute Gasteiger partial charge is 0.446 e. The van der Waals surface area contributed by atoms with Crippen molar-refractivity contribution >= 4 is 21.7 Å². The van der Waals surface area contributed by atoms with E-state index in [2.05, 4.69) is 38.1 Å². The van der Waals surface area contributed by atoms with Crippen LogP contribution >= 0.6 is 15.9 Å². The third kappa shape index (κ3) is 2.72. The van der Waals surface area contributed by atoms with Gasteiger partial charge >= 0.3 is 0 Å². The first-order chi connectivity index (χ1) is 8.61. The normalized spacial score (nSPS) is 10.7. The standard InChI is InChI=1S/C13H16BrN3O/c1-4-7-15-12-8(2)9(3)16-13(17-12)10-5-6-11(14)18-10/h5-6H,4,7H2,1-3H3,(H,15,16,17). The monoisotopic (exact) mass is 309 g/mol. The molecule has 18 heavy (non-hydrogen) atoms. The van der Waals surface area contributed by atoms with E-state index in [-0.39, 0.29) is 0 Å². The molecule has 0 aliphatic rings. The number of hydrogen-bond acceptors (Lipinski definition) is 4. The first-order valence-electron chi connectivity index (χ1n) is 5.96. The summed E-state index contributed by atoms with van der Waals surface area (Å²) in [4.78, 5) is 8.98. The Labute approximate surface area is 115 Å². The van der Waals surface area contributed by atoms with Crippen molar-refractivity contribution in [2.45, 2.75) is 27.2 Å². The summed E-state index contributed by atoms with van der Waals surface area (Å²) in [5.41, 5.74) is 2.05. The molecule has 0 atom stereocenters. The number of furan rings is 1. The topological polar surface area (TPSA) is 51.0 Å². The maximum atomic E-state index is 5.49. The lowest BCUT2D eigenvalue weighted by molar-refractivity contribution is 0.551. The fraction of sp³-hybridized carbons (Fsp3) is 0.385. The molecule has 2 rings (SSSR count). The summed E-state index contributed by atoms with van der Waals surface area (Å²) in [6.45, 7) is 7.03. The molecule has 0 spiro atoms. The van der Waals surface area contributed by atoms with Gasteiger partial charge in [-0.3, -0.25) is 0 Å². The van der Waals surface area contributed by atoms with Crippen LogP contribution in [-0.2, 0) is 0 Å². The van der Waals surface area contributed by atoms with Crippen molar-refractivity contribution in [3.63, 3.8) is 0 Å². The van der Waals surface area contributed by atoms with Gasteiger partial charge in [0.1, 0.15) is 5.82 Å². The van der Waals surface area contributed by atoms with E-state index in [1.807, 2.05) is 26.0 Å². The fourth-order valence-corrected chi connectivity index (χ4v) is 1.90. The van der Waals surface area contributed by atoms with Crippen LogP contribution in [-0.4, -0.2) is 16.5 Å². The molecule has 0 unspecified atom stereocenters. The van der Waals surface area contributed by atoms with Crippen molar-refractivity contribution in [1.82, 2.24) is 9.97 Å². The van der Waals surface area contributed by atoms with Crippen molar-refractivity contribution in [1.29, 1.82) is 0 Å². The minimum atomic E-state index is 0.613. The van der Waals surface area contributed by atoms with E-state index in [0.29, 0.717) is 16.3 Å². The Morgan fingerprint density at radius 3 is 2.67 bits per heavy atom. The van der Waals surface area contributed by atoms with Crippen molar-refractivity contribution in [2.75, 3.05) is 11.9 Å². The average Bonchev–Trinajstić information content (AvgIpc) is 2.77. The molecular weight excluding hydrogens is 294 g/mol. The number of nitrogens with zero attached hydrogens (tertiary/aromatic N) is 2. The van der Waals surface area contributed by atoms with Crippen LogP contribution in [0.2, 0.25) is 0 Å². The molecule has 5 heteroatoms. The number of halogens is 1. The van der Waals surface area contributed by atoms with Crippen molar-refractivity contribution in [3.05, 3.63) is 28.1 Å². The average molecular weight is 310 g/mol. The summed E-state index contributed by atoms with van der Waals surface area (Å²) in [5.74, 6) is 2.17. The van der Waals surface area contributed by atoms with E-state index in [1.165, 1.54) is 0 Å². The Morgan fingerprint density at radius 1 is 1.28 bits per heavy atom. The number of anilines is 1. The van der Waals surface area contributed by atoms with Crippen LogP contribution < -0.4 is 5.32 Å². The van der Waals surface area contributed by atoms with Crippen LogP contribution in [0.4, 0.5) is 5.82 Å². The van der Waals surface area contributed by atoms with E-state index in [1.54, 1.807) is 0 Å². The summed E-state index contributed by atoms with van der Waals surface area (Å²) in [6.07, 6.45) is 1.06. The minimum Gasteiger partial charge on any atom is -0.446 e. The molecule has 0 saturated carbocycles. The summed E-state index contributed by atoms with van der Waals surface area (Å²) >= 11 is 3.29. The highest BCUT2D eigenvalue weighted by atomic mass is 79.9. The second-order valence-electron chi connectivity index (χ2n) is 4.14. The summed E-state index contributed by atoms with van der Waals surface area (Å²) in [7, 11) is 0. The smallest absolute Gasteiger partial charge is 0.197 e. The molecule has 0 saturated heterocycles. The van der Waals surface area contributed by atoms with Crippen LogP contribution in [0.15, 0.2) is 21.2 Å². The zero-order chi connectivity index (χ0) is 13.1. The Morgan fingerprint density at radius 2 is 2.06 bits per heavy atom. The molecule has 2 aromatic rings. The lowest BCUT2D eigenvalue weighted by atomic mass is 10.2. The molecule has 2 aromatic heterocycles. The molecule has 4 nitrogen and oxygen atoms in total. The van der Waals surface area contributed by atoms with Crippen LogP contribution in [0.25, 0.3) is 11.6 Å². The van der Waals surface area contributed by atoms with E-state index in [4.69, 9.17) is 4.42 Å². The minimum absolute atomic E-state index is 0.613. The molecule has 0 bridgehead atoms. The van der Waals surface area contributed by atoms with Gasteiger partial charge in [0.25, 0.3) is 0 Å². The predicted octanol–water partition coefficient (Wildman–Crippen LogP) is 3.94. The van der Waals surface area contributed by atoms with Gasteiger partial charge in [-0.05, 0) is 48.3 Å². The third-order valence-corrected chi connectivity index (χ3v) is 3.15. The first-order valence-corrected chi connectivity index (χ1v) is 6.76.